The molecule has 0 unspecified atom stereocenters. The smallest absolute Gasteiger partial charge is 0.0493 e. The predicted molar refractivity (Wildman–Crippen MR) is 153 cm³/mol. The summed E-state index contributed by atoms with van der Waals surface area (Å²) in [6, 6.07) is 44.3. The van der Waals surface area contributed by atoms with Crippen molar-refractivity contribution in [2.45, 2.75) is 26.7 Å². The second kappa shape index (κ2) is 9.51. The van der Waals surface area contributed by atoms with E-state index >= 15 is 0 Å². The molecule has 0 aromatic heterocycles. The van der Waals surface area contributed by atoms with E-state index in [0.717, 1.165) is 12.8 Å². The van der Waals surface area contributed by atoms with E-state index < -0.39 is 0 Å². The average molecular weight is 466 g/mol. The monoisotopic (exact) mass is 465 g/mol. The molecule has 0 heterocycles. The summed E-state index contributed by atoms with van der Waals surface area (Å²) in [7, 11) is 0. The summed E-state index contributed by atoms with van der Waals surface area (Å²) in [6.07, 6.45) is 2.08. The van der Waals surface area contributed by atoms with Gasteiger partial charge in [-0.05, 0) is 94.1 Å². The van der Waals surface area contributed by atoms with Gasteiger partial charge >= 0.3 is 0 Å². The van der Waals surface area contributed by atoms with Crippen molar-refractivity contribution in [3.8, 4) is 22.3 Å². The molecule has 0 saturated carbocycles. The molecule has 0 saturated heterocycles. The Balaban J connectivity index is 1.39. The quantitative estimate of drug-likeness (QED) is 0.237. The Morgan fingerprint density at radius 2 is 1.22 bits per heavy atom. The van der Waals surface area contributed by atoms with Gasteiger partial charge in [-0.3, -0.25) is 0 Å². The minimum Gasteiger partial charge on any atom is -0.310 e. The lowest BCUT2D eigenvalue weighted by Crippen LogP contribution is -2.13. The molecule has 1 aliphatic rings. The van der Waals surface area contributed by atoms with Crippen LogP contribution in [0.15, 0.2) is 121 Å². The highest BCUT2D eigenvalue weighted by Crippen LogP contribution is 2.40. The van der Waals surface area contributed by atoms with E-state index in [1.165, 1.54) is 56.0 Å². The molecule has 0 N–H and O–H groups in total. The highest BCUT2D eigenvalue weighted by molar-refractivity contribution is 5.83. The lowest BCUT2D eigenvalue weighted by atomic mass is 9.98. The summed E-state index contributed by atoms with van der Waals surface area (Å²) in [4.78, 5) is 2.39. The minimum absolute atomic E-state index is 0.594. The highest BCUT2D eigenvalue weighted by atomic mass is 15.1. The fourth-order valence-corrected chi connectivity index (χ4v) is 5.45. The molecule has 36 heavy (non-hydrogen) atoms. The van der Waals surface area contributed by atoms with Gasteiger partial charge in [0.15, 0.2) is 0 Å². The van der Waals surface area contributed by atoms with Gasteiger partial charge in [0.25, 0.3) is 0 Å². The normalized spacial score (nSPS) is 11.9. The maximum absolute atomic E-state index is 2.39. The van der Waals surface area contributed by atoms with Crippen molar-refractivity contribution in [1.82, 2.24) is 0 Å². The summed E-state index contributed by atoms with van der Waals surface area (Å²) in [5, 5.41) is 0. The first-order valence-corrected chi connectivity index (χ1v) is 12.9. The van der Waals surface area contributed by atoms with E-state index in [-0.39, 0.29) is 0 Å². The number of hydrogen-bond donors (Lipinski definition) is 0. The van der Waals surface area contributed by atoms with E-state index in [9.17, 15) is 0 Å². The van der Waals surface area contributed by atoms with Gasteiger partial charge in [0.2, 0.25) is 0 Å². The molecular weight excluding hydrogens is 434 g/mol. The van der Waals surface area contributed by atoms with E-state index in [2.05, 4.69) is 140 Å². The third-order valence-electron chi connectivity index (χ3n) is 7.13. The number of benzene rings is 5. The maximum Gasteiger partial charge on any atom is 0.0493 e. The molecule has 0 atom stereocenters. The SMILES string of the molecule is CC(C)Cc1ccccc1N(c1ccccc1)c1ccc(-c2ccc3c(c2)-c2ccccc2C3)cc1. The molecule has 5 aromatic rings. The molecule has 0 fully saturated rings. The summed E-state index contributed by atoms with van der Waals surface area (Å²) in [5.74, 6) is 0.594. The van der Waals surface area contributed by atoms with Crippen LogP contribution in [0.25, 0.3) is 22.3 Å². The van der Waals surface area contributed by atoms with Crippen LogP contribution in [-0.2, 0) is 12.8 Å². The zero-order chi connectivity index (χ0) is 24.5. The first kappa shape index (κ1) is 22.4. The Hall–Kier alpha value is -4.10. The molecule has 0 spiro atoms. The zero-order valence-electron chi connectivity index (χ0n) is 21.0. The third-order valence-corrected chi connectivity index (χ3v) is 7.13. The number of para-hydroxylation sites is 2. The van der Waals surface area contributed by atoms with Crippen molar-refractivity contribution in [2.75, 3.05) is 4.90 Å². The topological polar surface area (TPSA) is 3.24 Å². The number of anilines is 3. The van der Waals surface area contributed by atoms with E-state index in [0.29, 0.717) is 5.92 Å². The van der Waals surface area contributed by atoms with Crippen molar-refractivity contribution in [3.05, 3.63) is 138 Å². The number of hydrogen-bond acceptors (Lipinski definition) is 1. The van der Waals surface area contributed by atoms with Crippen molar-refractivity contribution in [3.63, 3.8) is 0 Å². The summed E-state index contributed by atoms with van der Waals surface area (Å²) >= 11 is 0. The molecule has 5 aromatic carbocycles. The molecule has 0 amide bonds. The van der Waals surface area contributed by atoms with Crippen LogP contribution in [0.2, 0.25) is 0 Å². The lowest BCUT2D eigenvalue weighted by Gasteiger charge is -2.28. The van der Waals surface area contributed by atoms with E-state index in [1.54, 1.807) is 0 Å². The maximum atomic E-state index is 2.39. The minimum atomic E-state index is 0.594. The fraction of sp³-hybridized carbons (Fsp3) is 0.143. The third kappa shape index (κ3) is 4.22. The molecule has 6 rings (SSSR count). The van der Waals surface area contributed by atoms with Gasteiger partial charge in [-0.1, -0.05) is 98.8 Å². The molecule has 0 bridgehead atoms. The molecule has 0 radical (unpaired) electrons. The number of fused-ring (bicyclic) bond motifs is 3. The molecular formula is C35H31N. The first-order valence-electron chi connectivity index (χ1n) is 12.9. The Morgan fingerprint density at radius 3 is 2.03 bits per heavy atom. The van der Waals surface area contributed by atoms with Crippen molar-refractivity contribution >= 4 is 17.1 Å². The molecule has 1 nitrogen and oxygen atoms in total. The lowest BCUT2D eigenvalue weighted by molar-refractivity contribution is 0.647. The molecule has 0 aliphatic heterocycles. The Morgan fingerprint density at radius 1 is 0.583 bits per heavy atom. The van der Waals surface area contributed by atoms with Crippen LogP contribution in [0.5, 0.6) is 0 Å². The van der Waals surface area contributed by atoms with Gasteiger partial charge in [-0.2, -0.15) is 0 Å². The summed E-state index contributed by atoms with van der Waals surface area (Å²) in [6.45, 7) is 4.57. The Bertz CT molecular complexity index is 1500. The Labute approximate surface area is 214 Å². The second-order valence-corrected chi connectivity index (χ2v) is 10.2. The first-order chi connectivity index (χ1) is 17.7. The van der Waals surface area contributed by atoms with Crippen LogP contribution < -0.4 is 4.90 Å². The highest BCUT2D eigenvalue weighted by Gasteiger charge is 2.19. The van der Waals surface area contributed by atoms with Gasteiger partial charge in [0, 0.05) is 17.1 Å². The fourth-order valence-electron chi connectivity index (χ4n) is 5.45. The van der Waals surface area contributed by atoms with Crippen molar-refractivity contribution in [2.24, 2.45) is 5.92 Å². The van der Waals surface area contributed by atoms with Crippen LogP contribution in [0, 0.1) is 5.92 Å². The molecule has 176 valence electrons. The van der Waals surface area contributed by atoms with Crippen molar-refractivity contribution < 1.29 is 0 Å². The number of nitrogens with zero attached hydrogens (tertiary/aromatic N) is 1. The predicted octanol–water partition coefficient (Wildman–Crippen LogP) is 9.59. The average Bonchev–Trinajstić information content (AvgIpc) is 3.29. The largest absolute Gasteiger partial charge is 0.310 e. The van der Waals surface area contributed by atoms with Crippen LogP contribution in [-0.4, -0.2) is 0 Å². The number of rotatable bonds is 6. The van der Waals surface area contributed by atoms with Crippen molar-refractivity contribution in [1.29, 1.82) is 0 Å². The van der Waals surface area contributed by atoms with Gasteiger partial charge in [-0.15, -0.1) is 0 Å². The van der Waals surface area contributed by atoms with E-state index in [1.807, 2.05) is 0 Å². The van der Waals surface area contributed by atoms with Crippen LogP contribution in [0.3, 0.4) is 0 Å². The van der Waals surface area contributed by atoms with Gasteiger partial charge in [0.1, 0.15) is 0 Å². The molecule has 1 aliphatic carbocycles. The summed E-state index contributed by atoms with van der Waals surface area (Å²) in [5.41, 5.74) is 13.1. The van der Waals surface area contributed by atoms with Crippen LogP contribution >= 0.6 is 0 Å². The van der Waals surface area contributed by atoms with E-state index in [4.69, 9.17) is 0 Å². The van der Waals surface area contributed by atoms with Gasteiger partial charge < -0.3 is 4.90 Å². The Kier molecular flexibility index (Phi) is 5.91. The van der Waals surface area contributed by atoms with Gasteiger partial charge in [-0.25, -0.2) is 0 Å². The summed E-state index contributed by atoms with van der Waals surface area (Å²) < 4.78 is 0. The van der Waals surface area contributed by atoms with Gasteiger partial charge in [0.05, 0.1) is 0 Å². The van der Waals surface area contributed by atoms with Crippen LogP contribution in [0.4, 0.5) is 17.1 Å². The standard InChI is InChI=1S/C35H31N/c1-25(2)22-30-11-7-9-15-35(30)36(31-12-4-3-5-13-31)32-20-18-26(19-21-32)27-16-17-29-23-28-10-6-8-14-33(28)34(29)24-27/h3-21,24-25H,22-23H2,1-2H3. The second-order valence-electron chi connectivity index (χ2n) is 10.2. The zero-order valence-corrected chi connectivity index (χ0v) is 21.0. The molecule has 1 heteroatoms. The van der Waals surface area contributed by atoms with Crippen LogP contribution in [0.1, 0.15) is 30.5 Å².